The van der Waals surface area contributed by atoms with Crippen LogP contribution >= 0.6 is 0 Å². The van der Waals surface area contributed by atoms with Crippen molar-refractivity contribution in [1.29, 1.82) is 0 Å². The van der Waals surface area contributed by atoms with Crippen molar-refractivity contribution in [1.82, 2.24) is 4.90 Å². The van der Waals surface area contributed by atoms with Gasteiger partial charge in [-0.3, -0.25) is 0 Å². The van der Waals surface area contributed by atoms with Gasteiger partial charge in [0.15, 0.2) is 9.84 Å². The second kappa shape index (κ2) is 3.54. The normalized spacial score (nSPS) is 25.2. The first-order valence-corrected chi connectivity index (χ1v) is 5.68. The minimum Gasteiger partial charge on any atom is -0.301 e. The van der Waals surface area contributed by atoms with Crippen molar-refractivity contribution >= 4 is 9.84 Å². The van der Waals surface area contributed by atoms with Crippen molar-refractivity contribution in [3.8, 4) is 0 Å². The van der Waals surface area contributed by atoms with Gasteiger partial charge in [0.2, 0.25) is 0 Å². The summed E-state index contributed by atoms with van der Waals surface area (Å²) in [6.45, 7) is 6.04. The second-order valence-electron chi connectivity index (χ2n) is 2.85. The Hall–Kier alpha value is -0.0900. The third-order valence-electron chi connectivity index (χ3n) is 1.91. The lowest BCUT2D eigenvalue weighted by Crippen LogP contribution is -2.40. The predicted octanol–water partition coefficient (Wildman–Crippen LogP) is -0.0590. The smallest absolute Gasteiger partial charge is 0.152 e. The van der Waals surface area contributed by atoms with Crippen LogP contribution in [0.4, 0.5) is 0 Å². The monoisotopic (exact) mass is 176 g/mol. The van der Waals surface area contributed by atoms with E-state index in [1.165, 1.54) is 0 Å². The van der Waals surface area contributed by atoms with Gasteiger partial charge in [0.1, 0.15) is 0 Å². The van der Waals surface area contributed by atoms with Crippen LogP contribution in [0.3, 0.4) is 0 Å². The van der Waals surface area contributed by atoms with Gasteiger partial charge in [-0.1, -0.05) is 6.92 Å². The van der Waals surface area contributed by atoms with Gasteiger partial charge in [0.25, 0.3) is 0 Å². The van der Waals surface area contributed by atoms with Crippen LogP contribution < -0.4 is 0 Å². The Morgan fingerprint density at radius 1 is 1.27 bits per heavy atom. The quantitative estimate of drug-likeness (QED) is 0.591. The molecule has 1 heterocycles. The lowest BCUT2D eigenvalue weighted by Gasteiger charge is -2.25. The van der Waals surface area contributed by atoms with Gasteiger partial charge in [-0.2, -0.15) is 0 Å². The van der Waals surface area contributed by atoms with Crippen molar-refractivity contribution in [3.63, 3.8) is 0 Å². The molecule has 0 aliphatic carbocycles. The standard InChI is InChI=1S/C7H14NO2S/c1-2-3-8-4-6-11(9,10)7-5-8/h1-7H2. The molecule has 1 saturated heterocycles. The Labute approximate surface area is 68.3 Å². The van der Waals surface area contributed by atoms with Crippen LogP contribution in [0.2, 0.25) is 0 Å². The van der Waals surface area contributed by atoms with Crippen molar-refractivity contribution in [2.75, 3.05) is 31.1 Å². The molecule has 0 N–H and O–H groups in total. The lowest BCUT2D eigenvalue weighted by atomic mass is 10.4. The van der Waals surface area contributed by atoms with Crippen LogP contribution in [0, 0.1) is 6.92 Å². The number of rotatable bonds is 2. The molecule has 3 nitrogen and oxygen atoms in total. The van der Waals surface area contributed by atoms with Crippen molar-refractivity contribution < 1.29 is 8.42 Å². The van der Waals surface area contributed by atoms with Crippen LogP contribution in [0.5, 0.6) is 0 Å². The van der Waals surface area contributed by atoms with E-state index in [0.29, 0.717) is 24.6 Å². The van der Waals surface area contributed by atoms with Crippen LogP contribution in [0.15, 0.2) is 0 Å². The molecule has 0 aromatic carbocycles. The second-order valence-corrected chi connectivity index (χ2v) is 5.15. The fourth-order valence-electron chi connectivity index (χ4n) is 1.20. The Bertz CT molecular complexity index is 196. The van der Waals surface area contributed by atoms with E-state index >= 15 is 0 Å². The first kappa shape index (κ1) is 9.00. The minimum absolute atomic E-state index is 0.326. The Morgan fingerprint density at radius 3 is 2.27 bits per heavy atom. The molecule has 0 unspecified atom stereocenters. The highest BCUT2D eigenvalue weighted by Crippen LogP contribution is 2.03. The zero-order chi connectivity index (χ0) is 8.32. The molecule has 11 heavy (non-hydrogen) atoms. The summed E-state index contributed by atoms with van der Waals surface area (Å²) in [5, 5.41) is 0. The van der Waals surface area contributed by atoms with Gasteiger partial charge in [-0.15, -0.1) is 0 Å². The van der Waals surface area contributed by atoms with Gasteiger partial charge in [0, 0.05) is 13.1 Å². The zero-order valence-electron chi connectivity index (χ0n) is 6.62. The summed E-state index contributed by atoms with van der Waals surface area (Å²) < 4.78 is 21.9. The van der Waals surface area contributed by atoms with Gasteiger partial charge in [0.05, 0.1) is 11.5 Å². The molecule has 1 rings (SSSR count). The highest BCUT2D eigenvalue weighted by atomic mass is 32.2. The fraction of sp³-hybridized carbons (Fsp3) is 0.857. The predicted molar refractivity (Wildman–Crippen MR) is 45.1 cm³/mol. The first-order valence-electron chi connectivity index (χ1n) is 3.86. The summed E-state index contributed by atoms with van der Waals surface area (Å²) in [5.74, 6) is 0.653. The molecule has 0 aromatic rings. The third kappa shape index (κ3) is 2.79. The average molecular weight is 176 g/mol. The van der Waals surface area contributed by atoms with Gasteiger partial charge < -0.3 is 4.90 Å². The average Bonchev–Trinajstić information content (AvgIpc) is 1.94. The lowest BCUT2D eigenvalue weighted by molar-refractivity contribution is 0.301. The maximum absolute atomic E-state index is 11.0. The van der Waals surface area contributed by atoms with Crippen LogP contribution in [-0.4, -0.2) is 44.5 Å². The third-order valence-corrected chi connectivity index (χ3v) is 3.52. The number of nitrogens with zero attached hydrogens (tertiary/aromatic N) is 1. The number of hydrogen-bond donors (Lipinski definition) is 0. The van der Waals surface area contributed by atoms with E-state index in [1.54, 1.807) is 0 Å². The SMILES string of the molecule is [CH2]CCN1CCS(=O)(=O)CC1. The highest BCUT2D eigenvalue weighted by Gasteiger charge is 2.20. The van der Waals surface area contributed by atoms with Crippen molar-refractivity contribution in [2.45, 2.75) is 6.42 Å². The van der Waals surface area contributed by atoms with E-state index in [9.17, 15) is 8.42 Å². The molecule has 1 radical (unpaired) electrons. The summed E-state index contributed by atoms with van der Waals surface area (Å²) >= 11 is 0. The van der Waals surface area contributed by atoms with Gasteiger partial charge >= 0.3 is 0 Å². The van der Waals surface area contributed by atoms with E-state index in [2.05, 4.69) is 11.8 Å². The van der Waals surface area contributed by atoms with Crippen LogP contribution in [0.25, 0.3) is 0 Å². The minimum atomic E-state index is -2.70. The van der Waals surface area contributed by atoms with Crippen LogP contribution in [-0.2, 0) is 9.84 Å². The number of sulfone groups is 1. The van der Waals surface area contributed by atoms with Crippen LogP contribution in [0.1, 0.15) is 6.42 Å². The molecule has 0 bridgehead atoms. The molecule has 1 aliphatic rings. The Balaban J connectivity index is 2.36. The summed E-state index contributed by atoms with van der Waals surface area (Å²) in [4.78, 5) is 2.15. The van der Waals surface area contributed by atoms with Crippen molar-refractivity contribution in [3.05, 3.63) is 6.92 Å². The Kier molecular flexibility index (Phi) is 2.90. The summed E-state index contributed by atoms with van der Waals surface area (Å²) in [5.41, 5.74) is 0. The summed E-state index contributed by atoms with van der Waals surface area (Å²) in [6.07, 6.45) is 0.861. The summed E-state index contributed by atoms with van der Waals surface area (Å²) in [7, 11) is -2.70. The molecule has 1 aliphatic heterocycles. The van der Waals surface area contributed by atoms with E-state index < -0.39 is 9.84 Å². The molecule has 0 amide bonds. The molecule has 4 heteroatoms. The molecule has 0 aromatic heterocycles. The van der Waals surface area contributed by atoms with E-state index in [1.807, 2.05) is 0 Å². The van der Waals surface area contributed by atoms with E-state index in [4.69, 9.17) is 0 Å². The largest absolute Gasteiger partial charge is 0.301 e. The highest BCUT2D eigenvalue weighted by molar-refractivity contribution is 7.91. The summed E-state index contributed by atoms with van der Waals surface area (Å²) in [6, 6.07) is 0. The molecular formula is C7H14NO2S. The number of hydrogen-bond acceptors (Lipinski definition) is 3. The first-order chi connectivity index (χ1) is 5.14. The maximum atomic E-state index is 11.0. The van der Waals surface area contributed by atoms with E-state index in [0.717, 1.165) is 13.0 Å². The van der Waals surface area contributed by atoms with Gasteiger partial charge in [-0.05, 0) is 13.0 Å². The maximum Gasteiger partial charge on any atom is 0.152 e. The molecular weight excluding hydrogens is 162 g/mol. The van der Waals surface area contributed by atoms with Crippen molar-refractivity contribution in [2.24, 2.45) is 0 Å². The fourth-order valence-corrected chi connectivity index (χ4v) is 2.47. The molecule has 0 saturated carbocycles. The molecule has 1 fully saturated rings. The Morgan fingerprint density at radius 2 is 1.82 bits per heavy atom. The zero-order valence-corrected chi connectivity index (χ0v) is 7.44. The molecule has 0 atom stereocenters. The van der Waals surface area contributed by atoms with Gasteiger partial charge in [-0.25, -0.2) is 8.42 Å². The molecule has 65 valence electrons. The topological polar surface area (TPSA) is 37.4 Å². The molecule has 0 spiro atoms. The van der Waals surface area contributed by atoms with E-state index in [-0.39, 0.29) is 0 Å².